The summed E-state index contributed by atoms with van der Waals surface area (Å²) in [6.45, 7) is 0.258. The molecule has 2 N–H and O–H groups in total. The van der Waals surface area contributed by atoms with Gasteiger partial charge in [-0.2, -0.15) is 0 Å². The SMILES string of the molecule is COc1ccc(CCNC(=O)CNc2cc(F)ccc2F)cc1OC. The van der Waals surface area contributed by atoms with Crippen LogP contribution in [0.15, 0.2) is 36.4 Å². The van der Waals surface area contributed by atoms with Gasteiger partial charge in [-0.25, -0.2) is 8.78 Å². The highest BCUT2D eigenvalue weighted by Gasteiger charge is 2.07. The Kier molecular flexibility index (Phi) is 6.56. The van der Waals surface area contributed by atoms with Gasteiger partial charge >= 0.3 is 0 Å². The van der Waals surface area contributed by atoms with Crippen molar-refractivity contribution in [1.82, 2.24) is 5.32 Å². The Hall–Kier alpha value is -2.83. The fourth-order valence-electron chi connectivity index (χ4n) is 2.25. The molecule has 2 aromatic carbocycles. The number of amides is 1. The second kappa shape index (κ2) is 8.86. The molecule has 5 nitrogen and oxygen atoms in total. The molecule has 2 rings (SSSR count). The molecule has 0 saturated heterocycles. The van der Waals surface area contributed by atoms with E-state index in [9.17, 15) is 13.6 Å². The molecule has 0 unspecified atom stereocenters. The lowest BCUT2D eigenvalue weighted by Gasteiger charge is -2.11. The molecule has 25 heavy (non-hydrogen) atoms. The number of ether oxygens (including phenoxy) is 2. The molecule has 0 saturated carbocycles. The van der Waals surface area contributed by atoms with Crippen LogP contribution in [0, 0.1) is 11.6 Å². The van der Waals surface area contributed by atoms with Gasteiger partial charge in [0.2, 0.25) is 5.91 Å². The number of benzene rings is 2. The van der Waals surface area contributed by atoms with Gasteiger partial charge in [0.15, 0.2) is 11.5 Å². The Morgan fingerprint density at radius 2 is 1.80 bits per heavy atom. The van der Waals surface area contributed by atoms with Crippen molar-refractivity contribution in [3.8, 4) is 11.5 Å². The molecular formula is C18H20F2N2O3. The van der Waals surface area contributed by atoms with Crippen LogP contribution in [0.4, 0.5) is 14.5 Å². The molecule has 0 fully saturated rings. The van der Waals surface area contributed by atoms with Crippen LogP contribution in [0.25, 0.3) is 0 Å². The van der Waals surface area contributed by atoms with E-state index in [1.807, 2.05) is 12.1 Å². The Balaban J connectivity index is 1.79. The standard InChI is InChI=1S/C18H20F2N2O3/c1-24-16-6-3-12(9-17(16)25-2)7-8-21-18(23)11-22-15-10-13(19)4-5-14(15)20/h3-6,9-10,22H,7-8,11H2,1-2H3,(H,21,23). The summed E-state index contributed by atoms with van der Waals surface area (Å²) in [4.78, 5) is 11.8. The van der Waals surface area contributed by atoms with Crippen molar-refractivity contribution in [1.29, 1.82) is 0 Å². The zero-order valence-electron chi connectivity index (χ0n) is 14.1. The van der Waals surface area contributed by atoms with Crippen molar-refractivity contribution in [2.45, 2.75) is 6.42 Å². The predicted octanol–water partition coefficient (Wildman–Crippen LogP) is 2.75. The van der Waals surface area contributed by atoms with Crippen molar-refractivity contribution in [2.75, 3.05) is 32.6 Å². The van der Waals surface area contributed by atoms with Crippen molar-refractivity contribution in [3.63, 3.8) is 0 Å². The van der Waals surface area contributed by atoms with Crippen LogP contribution >= 0.6 is 0 Å². The number of carbonyl (C=O) groups is 1. The maximum atomic E-state index is 13.4. The predicted molar refractivity (Wildman–Crippen MR) is 91.1 cm³/mol. The van der Waals surface area contributed by atoms with E-state index in [0.29, 0.717) is 24.5 Å². The van der Waals surface area contributed by atoms with Crippen LogP contribution in [-0.4, -0.2) is 33.2 Å². The van der Waals surface area contributed by atoms with Crippen LogP contribution in [-0.2, 0) is 11.2 Å². The summed E-state index contributed by atoms with van der Waals surface area (Å²) in [5.41, 5.74) is 0.928. The molecule has 1 amide bonds. The van der Waals surface area contributed by atoms with Gasteiger partial charge in [-0.15, -0.1) is 0 Å². The fourth-order valence-corrected chi connectivity index (χ4v) is 2.25. The van der Waals surface area contributed by atoms with Gasteiger partial charge in [-0.3, -0.25) is 4.79 Å². The van der Waals surface area contributed by atoms with Crippen molar-refractivity contribution < 1.29 is 23.0 Å². The van der Waals surface area contributed by atoms with Crippen LogP contribution in [0.3, 0.4) is 0 Å². The summed E-state index contributed by atoms with van der Waals surface area (Å²) in [6, 6.07) is 8.55. The van der Waals surface area contributed by atoms with Gasteiger partial charge in [0, 0.05) is 6.54 Å². The molecule has 134 valence electrons. The molecular weight excluding hydrogens is 330 g/mol. The Morgan fingerprint density at radius 3 is 2.52 bits per heavy atom. The van der Waals surface area contributed by atoms with Crippen LogP contribution < -0.4 is 20.1 Å². The van der Waals surface area contributed by atoms with E-state index in [1.165, 1.54) is 0 Å². The van der Waals surface area contributed by atoms with Crippen molar-refractivity contribution in [3.05, 3.63) is 53.6 Å². The minimum absolute atomic E-state index is 0.0463. The minimum Gasteiger partial charge on any atom is -0.493 e. The van der Waals surface area contributed by atoms with E-state index >= 15 is 0 Å². The molecule has 7 heteroatoms. The van der Waals surface area contributed by atoms with E-state index in [-0.39, 0.29) is 18.1 Å². The highest BCUT2D eigenvalue weighted by atomic mass is 19.1. The number of halogens is 2. The number of nitrogens with one attached hydrogen (secondary N) is 2. The first kappa shape index (κ1) is 18.5. The molecule has 2 aromatic rings. The number of hydrogen-bond acceptors (Lipinski definition) is 4. The molecule has 0 aliphatic rings. The Labute approximate surface area is 144 Å². The maximum absolute atomic E-state index is 13.4. The number of anilines is 1. The van der Waals surface area contributed by atoms with E-state index in [2.05, 4.69) is 10.6 Å². The Bertz CT molecular complexity index is 738. The molecule has 0 heterocycles. The zero-order chi connectivity index (χ0) is 18.2. The molecule has 0 bridgehead atoms. The van der Waals surface area contributed by atoms with Gasteiger partial charge in [-0.1, -0.05) is 6.07 Å². The van der Waals surface area contributed by atoms with E-state index in [0.717, 1.165) is 23.8 Å². The molecule has 0 atom stereocenters. The second-order valence-corrected chi connectivity index (χ2v) is 5.27. The normalized spacial score (nSPS) is 10.2. The van der Waals surface area contributed by atoms with Gasteiger partial charge in [0.1, 0.15) is 11.6 Å². The van der Waals surface area contributed by atoms with Crippen LogP contribution in [0.5, 0.6) is 11.5 Å². The first-order valence-electron chi connectivity index (χ1n) is 7.70. The highest BCUT2D eigenvalue weighted by Crippen LogP contribution is 2.27. The lowest BCUT2D eigenvalue weighted by Crippen LogP contribution is -2.31. The van der Waals surface area contributed by atoms with Gasteiger partial charge in [0.05, 0.1) is 26.5 Å². The largest absolute Gasteiger partial charge is 0.493 e. The van der Waals surface area contributed by atoms with Gasteiger partial charge in [0.25, 0.3) is 0 Å². The third kappa shape index (κ3) is 5.34. The smallest absolute Gasteiger partial charge is 0.239 e. The topological polar surface area (TPSA) is 59.6 Å². The van der Waals surface area contributed by atoms with Crippen LogP contribution in [0.2, 0.25) is 0 Å². The maximum Gasteiger partial charge on any atom is 0.239 e. The van der Waals surface area contributed by atoms with Crippen molar-refractivity contribution in [2.24, 2.45) is 0 Å². The monoisotopic (exact) mass is 350 g/mol. The second-order valence-electron chi connectivity index (χ2n) is 5.27. The summed E-state index contributed by atoms with van der Waals surface area (Å²) in [6.07, 6.45) is 0.598. The molecule has 0 radical (unpaired) electrons. The number of rotatable bonds is 8. The lowest BCUT2D eigenvalue weighted by molar-refractivity contribution is -0.119. The molecule has 0 aliphatic carbocycles. The molecule has 0 spiro atoms. The van der Waals surface area contributed by atoms with E-state index in [4.69, 9.17) is 9.47 Å². The average Bonchev–Trinajstić information content (AvgIpc) is 2.62. The first-order valence-corrected chi connectivity index (χ1v) is 7.70. The summed E-state index contributed by atoms with van der Waals surface area (Å²) in [5.74, 6) is -0.243. The van der Waals surface area contributed by atoms with Crippen molar-refractivity contribution >= 4 is 11.6 Å². The van der Waals surface area contributed by atoms with Gasteiger partial charge < -0.3 is 20.1 Å². The van der Waals surface area contributed by atoms with Gasteiger partial charge in [-0.05, 0) is 42.3 Å². The third-order valence-corrected chi connectivity index (χ3v) is 3.55. The number of methoxy groups -OCH3 is 2. The molecule has 0 aliphatic heterocycles. The lowest BCUT2D eigenvalue weighted by atomic mass is 10.1. The van der Waals surface area contributed by atoms with Crippen LogP contribution in [0.1, 0.15) is 5.56 Å². The van der Waals surface area contributed by atoms with E-state index < -0.39 is 11.6 Å². The summed E-state index contributed by atoms with van der Waals surface area (Å²) >= 11 is 0. The number of carbonyl (C=O) groups excluding carboxylic acids is 1. The summed E-state index contributed by atoms with van der Waals surface area (Å²) in [5, 5.41) is 5.28. The molecule has 0 aromatic heterocycles. The highest BCUT2D eigenvalue weighted by molar-refractivity contribution is 5.80. The van der Waals surface area contributed by atoms with E-state index in [1.54, 1.807) is 20.3 Å². The number of hydrogen-bond donors (Lipinski definition) is 2. The fraction of sp³-hybridized carbons (Fsp3) is 0.278. The third-order valence-electron chi connectivity index (χ3n) is 3.55. The average molecular weight is 350 g/mol. The minimum atomic E-state index is -0.612. The first-order chi connectivity index (χ1) is 12.0. The zero-order valence-corrected chi connectivity index (χ0v) is 14.1. The summed E-state index contributed by atoms with van der Waals surface area (Å²) in [7, 11) is 3.12. The quantitative estimate of drug-likeness (QED) is 0.769. The summed E-state index contributed by atoms with van der Waals surface area (Å²) < 4.78 is 36.9. The Morgan fingerprint density at radius 1 is 1.04 bits per heavy atom.